The molecule has 2 heterocycles. The van der Waals surface area contributed by atoms with Crippen LogP contribution in [0.3, 0.4) is 0 Å². The van der Waals surface area contributed by atoms with Crippen LogP contribution in [0.4, 0.5) is 13.2 Å². The molecule has 140 valence electrons. The highest BCUT2D eigenvalue weighted by Crippen LogP contribution is 2.40. The van der Waals surface area contributed by atoms with Gasteiger partial charge in [0, 0.05) is 18.3 Å². The summed E-state index contributed by atoms with van der Waals surface area (Å²) in [5.74, 6) is 1.89. The predicted octanol–water partition coefficient (Wildman–Crippen LogP) is 4.65. The van der Waals surface area contributed by atoms with Crippen LogP contribution in [-0.2, 0) is 23.2 Å². The average Bonchev–Trinajstić information content (AvgIpc) is 3.18. The minimum Gasteiger partial charge on any atom is -0.376 e. The van der Waals surface area contributed by atoms with E-state index in [1.807, 2.05) is 0 Å². The third-order valence-electron chi connectivity index (χ3n) is 4.72. The van der Waals surface area contributed by atoms with Gasteiger partial charge >= 0.3 is 6.18 Å². The molecule has 1 aliphatic carbocycles. The van der Waals surface area contributed by atoms with E-state index in [1.54, 1.807) is 6.07 Å². The maximum Gasteiger partial charge on any atom is 0.416 e. The summed E-state index contributed by atoms with van der Waals surface area (Å²) < 4.78 is 46.5. The lowest BCUT2D eigenvalue weighted by Gasteiger charge is -2.14. The Labute approximate surface area is 154 Å². The summed E-state index contributed by atoms with van der Waals surface area (Å²) >= 11 is 1.44. The quantitative estimate of drug-likeness (QED) is 0.681. The second kappa shape index (κ2) is 7.23. The Hall–Kier alpha value is -1.54. The molecule has 1 aromatic carbocycles. The van der Waals surface area contributed by atoms with Gasteiger partial charge in [0.2, 0.25) is 0 Å². The number of hydrogen-bond donors (Lipinski definition) is 0. The number of benzene rings is 1. The van der Waals surface area contributed by atoms with Crippen LogP contribution in [0.5, 0.6) is 0 Å². The standard InChI is InChI=1S/C18H20F3N3OS/c19-18(20,21)14-4-1-3-12(9-14)11-26-17-23-22-16(13-6-7-13)24(17)10-15-5-2-8-25-15/h1,3-4,9,13,15H,2,5-8,10-11H2. The molecule has 1 aliphatic heterocycles. The Morgan fingerprint density at radius 2 is 2.04 bits per heavy atom. The zero-order valence-corrected chi connectivity index (χ0v) is 15.0. The van der Waals surface area contributed by atoms with Crippen LogP contribution < -0.4 is 0 Å². The third kappa shape index (κ3) is 4.06. The average molecular weight is 383 g/mol. The molecule has 0 amide bonds. The Kier molecular flexibility index (Phi) is 4.96. The molecular formula is C18H20F3N3OS. The first-order chi connectivity index (χ1) is 12.5. The first-order valence-electron chi connectivity index (χ1n) is 8.84. The van der Waals surface area contributed by atoms with Crippen LogP contribution in [-0.4, -0.2) is 27.5 Å². The van der Waals surface area contributed by atoms with Crippen molar-refractivity contribution in [2.75, 3.05) is 6.61 Å². The molecule has 8 heteroatoms. The molecule has 1 saturated carbocycles. The lowest BCUT2D eigenvalue weighted by atomic mass is 10.1. The van der Waals surface area contributed by atoms with E-state index in [2.05, 4.69) is 14.8 Å². The van der Waals surface area contributed by atoms with Gasteiger partial charge in [0.05, 0.1) is 18.2 Å². The van der Waals surface area contributed by atoms with Crippen molar-refractivity contribution < 1.29 is 17.9 Å². The molecular weight excluding hydrogens is 363 g/mol. The van der Waals surface area contributed by atoms with Crippen LogP contribution in [0, 0.1) is 0 Å². The van der Waals surface area contributed by atoms with Gasteiger partial charge in [-0.2, -0.15) is 13.2 Å². The lowest BCUT2D eigenvalue weighted by Crippen LogP contribution is -2.17. The van der Waals surface area contributed by atoms with Crippen molar-refractivity contribution in [1.82, 2.24) is 14.8 Å². The SMILES string of the molecule is FC(F)(F)c1cccc(CSc2nnc(C3CC3)n2CC2CCCO2)c1. The second-order valence-corrected chi connectivity index (χ2v) is 7.79. The van der Waals surface area contributed by atoms with Crippen LogP contribution >= 0.6 is 11.8 Å². The van der Waals surface area contributed by atoms with Crippen molar-refractivity contribution in [3.05, 3.63) is 41.2 Å². The van der Waals surface area contributed by atoms with Crippen molar-refractivity contribution in [2.45, 2.75) is 61.3 Å². The van der Waals surface area contributed by atoms with E-state index in [0.29, 0.717) is 17.2 Å². The Morgan fingerprint density at radius 1 is 1.19 bits per heavy atom. The molecule has 1 saturated heterocycles. The van der Waals surface area contributed by atoms with Gasteiger partial charge in [-0.05, 0) is 37.3 Å². The largest absolute Gasteiger partial charge is 0.416 e. The molecule has 0 spiro atoms. The molecule has 0 radical (unpaired) electrons. The highest BCUT2D eigenvalue weighted by molar-refractivity contribution is 7.98. The van der Waals surface area contributed by atoms with Gasteiger partial charge in [0.25, 0.3) is 0 Å². The minimum absolute atomic E-state index is 0.177. The Balaban J connectivity index is 1.49. The van der Waals surface area contributed by atoms with Gasteiger partial charge < -0.3 is 9.30 Å². The number of rotatable bonds is 6. The molecule has 2 fully saturated rings. The number of alkyl halides is 3. The van der Waals surface area contributed by atoms with E-state index in [1.165, 1.54) is 23.9 Å². The van der Waals surface area contributed by atoms with Crippen LogP contribution in [0.25, 0.3) is 0 Å². The number of hydrogen-bond acceptors (Lipinski definition) is 4. The number of thioether (sulfide) groups is 1. The fourth-order valence-corrected chi connectivity index (χ4v) is 4.10. The zero-order chi connectivity index (χ0) is 18.1. The van der Waals surface area contributed by atoms with Crippen LogP contribution in [0.2, 0.25) is 0 Å². The normalized spacial score (nSPS) is 20.7. The van der Waals surface area contributed by atoms with Gasteiger partial charge in [-0.15, -0.1) is 10.2 Å². The molecule has 0 bridgehead atoms. The summed E-state index contributed by atoms with van der Waals surface area (Å²) in [7, 11) is 0. The lowest BCUT2D eigenvalue weighted by molar-refractivity contribution is -0.137. The molecule has 4 rings (SSSR count). The Morgan fingerprint density at radius 3 is 2.73 bits per heavy atom. The van der Waals surface area contributed by atoms with Crippen molar-refractivity contribution in [3.8, 4) is 0 Å². The van der Waals surface area contributed by atoms with Crippen molar-refractivity contribution in [1.29, 1.82) is 0 Å². The van der Waals surface area contributed by atoms with E-state index < -0.39 is 11.7 Å². The second-order valence-electron chi connectivity index (χ2n) is 6.85. The highest BCUT2D eigenvalue weighted by atomic mass is 32.2. The van der Waals surface area contributed by atoms with Crippen LogP contribution in [0.15, 0.2) is 29.4 Å². The summed E-state index contributed by atoms with van der Waals surface area (Å²) in [6.07, 6.45) is 0.207. The minimum atomic E-state index is -4.32. The molecule has 2 aliphatic rings. The number of aromatic nitrogens is 3. The predicted molar refractivity (Wildman–Crippen MR) is 92.0 cm³/mol. The number of ether oxygens (including phenoxy) is 1. The topological polar surface area (TPSA) is 39.9 Å². The summed E-state index contributed by atoms with van der Waals surface area (Å²) in [6.45, 7) is 1.52. The van der Waals surface area contributed by atoms with E-state index in [-0.39, 0.29) is 6.10 Å². The third-order valence-corrected chi connectivity index (χ3v) is 5.76. The fraction of sp³-hybridized carbons (Fsp3) is 0.556. The fourth-order valence-electron chi connectivity index (χ4n) is 3.20. The summed E-state index contributed by atoms with van der Waals surface area (Å²) in [5, 5.41) is 9.41. The van der Waals surface area contributed by atoms with Crippen LogP contribution in [0.1, 0.15) is 48.6 Å². The van der Waals surface area contributed by atoms with E-state index in [4.69, 9.17) is 4.74 Å². The zero-order valence-electron chi connectivity index (χ0n) is 14.2. The molecule has 0 N–H and O–H groups in total. The molecule has 1 aromatic heterocycles. The first-order valence-corrected chi connectivity index (χ1v) is 9.83. The van der Waals surface area contributed by atoms with Gasteiger partial charge in [-0.1, -0.05) is 30.0 Å². The van der Waals surface area contributed by atoms with Gasteiger partial charge in [0.1, 0.15) is 5.82 Å². The summed E-state index contributed by atoms with van der Waals surface area (Å²) in [5.41, 5.74) is 0.0135. The monoisotopic (exact) mass is 383 g/mol. The van der Waals surface area contributed by atoms with Gasteiger partial charge in [0.15, 0.2) is 5.16 Å². The first kappa shape index (κ1) is 17.9. The molecule has 26 heavy (non-hydrogen) atoms. The maximum absolute atomic E-state index is 12.9. The van der Waals surface area contributed by atoms with E-state index >= 15 is 0 Å². The highest BCUT2D eigenvalue weighted by Gasteiger charge is 2.32. The number of nitrogens with zero attached hydrogens (tertiary/aromatic N) is 3. The van der Waals surface area contributed by atoms with E-state index in [0.717, 1.165) is 55.9 Å². The Bertz CT molecular complexity index is 767. The van der Waals surface area contributed by atoms with Gasteiger partial charge in [-0.25, -0.2) is 0 Å². The summed E-state index contributed by atoms with van der Waals surface area (Å²) in [4.78, 5) is 0. The number of halogens is 3. The van der Waals surface area contributed by atoms with Crippen molar-refractivity contribution in [2.24, 2.45) is 0 Å². The maximum atomic E-state index is 12.9. The van der Waals surface area contributed by atoms with E-state index in [9.17, 15) is 13.2 Å². The van der Waals surface area contributed by atoms with Crippen molar-refractivity contribution in [3.63, 3.8) is 0 Å². The summed E-state index contributed by atoms with van der Waals surface area (Å²) in [6, 6.07) is 5.46. The smallest absolute Gasteiger partial charge is 0.376 e. The molecule has 1 atom stereocenters. The molecule has 4 nitrogen and oxygen atoms in total. The van der Waals surface area contributed by atoms with Gasteiger partial charge in [-0.3, -0.25) is 0 Å². The molecule has 1 unspecified atom stereocenters. The van der Waals surface area contributed by atoms with Crippen molar-refractivity contribution >= 4 is 11.8 Å². The molecule has 2 aromatic rings.